The van der Waals surface area contributed by atoms with E-state index in [4.69, 9.17) is 0 Å². The Morgan fingerprint density at radius 2 is 1.85 bits per heavy atom. The molecule has 1 unspecified atom stereocenters. The molecule has 112 valence electrons. The Morgan fingerprint density at radius 1 is 1.25 bits per heavy atom. The second-order valence-corrected chi connectivity index (χ2v) is 6.24. The normalized spacial score (nSPS) is 12.8. The van der Waals surface area contributed by atoms with Crippen LogP contribution in [0.5, 0.6) is 0 Å². The highest BCUT2D eigenvalue weighted by molar-refractivity contribution is 5.73. The van der Waals surface area contributed by atoms with Gasteiger partial charge in [-0.2, -0.15) is 0 Å². The van der Waals surface area contributed by atoms with Gasteiger partial charge in [-0.05, 0) is 31.2 Å². The van der Waals surface area contributed by atoms with Gasteiger partial charge in [0.25, 0.3) is 0 Å². The summed E-state index contributed by atoms with van der Waals surface area (Å²) < 4.78 is 0. The first-order chi connectivity index (χ1) is 9.28. The van der Waals surface area contributed by atoms with Crippen molar-refractivity contribution in [1.29, 1.82) is 0 Å². The van der Waals surface area contributed by atoms with Crippen molar-refractivity contribution in [2.45, 2.75) is 46.8 Å². The van der Waals surface area contributed by atoms with Crippen molar-refractivity contribution in [1.82, 2.24) is 10.6 Å². The first-order valence-corrected chi connectivity index (χ1v) is 7.04. The molecule has 1 aromatic rings. The summed E-state index contributed by atoms with van der Waals surface area (Å²) in [4.78, 5) is 11.7. The molecule has 0 aliphatic carbocycles. The molecule has 1 rings (SSSR count). The lowest BCUT2D eigenvalue weighted by atomic mass is 9.87. The minimum atomic E-state index is -0.359. The predicted octanol–water partition coefficient (Wildman–Crippen LogP) is 2.59. The van der Waals surface area contributed by atoms with Crippen LogP contribution in [0.25, 0.3) is 0 Å². The van der Waals surface area contributed by atoms with Gasteiger partial charge in [-0.1, -0.05) is 43.7 Å². The number of hydrogen-bond donors (Lipinski definition) is 3. The van der Waals surface area contributed by atoms with Gasteiger partial charge in [0.1, 0.15) is 0 Å². The summed E-state index contributed by atoms with van der Waals surface area (Å²) in [6.45, 7) is 8.91. The van der Waals surface area contributed by atoms with Crippen LogP contribution in [0, 0.1) is 12.3 Å². The first-order valence-electron chi connectivity index (χ1n) is 7.04. The van der Waals surface area contributed by atoms with Gasteiger partial charge in [0, 0.05) is 13.1 Å². The van der Waals surface area contributed by atoms with E-state index in [1.165, 1.54) is 5.56 Å². The van der Waals surface area contributed by atoms with E-state index in [1.54, 1.807) is 6.92 Å². The zero-order valence-electron chi connectivity index (χ0n) is 12.9. The predicted molar refractivity (Wildman–Crippen MR) is 81.5 cm³/mol. The topological polar surface area (TPSA) is 61.4 Å². The quantitative estimate of drug-likeness (QED) is 0.749. The third kappa shape index (κ3) is 6.57. The van der Waals surface area contributed by atoms with Gasteiger partial charge in [-0.3, -0.25) is 0 Å². The molecule has 0 radical (unpaired) electrons. The monoisotopic (exact) mass is 278 g/mol. The van der Waals surface area contributed by atoms with Crippen LogP contribution in [0.15, 0.2) is 24.3 Å². The van der Waals surface area contributed by atoms with Crippen LogP contribution >= 0.6 is 0 Å². The maximum atomic E-state index is 11.7. The minimum Gasteiger partial charge on any atom is -0.393 e. The molecule has 0 aliphatic rings. The van der Waals surface area contributed by atoms with Crippen molar-refractivity contribution in [3.63, 3.8) is 0 Å². The number of carbonyl (C=O) groups is 1. The van der Waals surface area contributed by atoms with Crippen molar-refractivity contribution in [2.75, 3.05) is 6.54 Å². The summed E-state index contributed by atoms with van der Waals surface area (Å²) in [5.41, 5.74) is 2.17. The molecule has 2 amide bonds. The molecule has 1 aromatic carbocycles. The Bertz CT molecular complexity index is 425. The number of aliphatic hydroxyl groups excluding tert-OH is 1. The molecule has 0 fully saturated rings. The highest BCUT2D eigenvalue weighted by Gasteiger charge is 2.20. The summed E-state index contributed by atoms with van der Waals surface area (Å²) in [5, 5.41) is 15.1. The Balaban J connectivity index is 2.32. The van der Waals surface area contributed by atoms with E-state index in [0.717, 1.165) is 5.56 Å². The number of aliphatic hydroxyl groups is 1. The number of nitrogens with one attached hydrogen (secondary N) is 2. The van der Waals surface area contributed by atoms with E-state index in [2.05, 4.69) is 10.6 Å². The van der Waals surface area contributed by atoms with E-state index < -0.39 is 0 Å². The Labute approximate surface area is 121 Å². The molecule has 1 atom stereocenters. The molecule has 0 bridgehead atoms. The smallest absolute Gasteiger partial charge is 0.315 e. The Kier molecular flexibility index (Phi) is 6.02. The van der Waals surface area contributed by atoms with Crippen LogP contribution in [-0.4, -0.2) is 23.8 Å². The maximum absolute atomic E-state index is 11.7. The number of benzene rings is 1. The van der Waals surface area contributed by atoms with Gasteiger partial charge < -0.3 is 15.7 Å². The third-order valence-corrected chi connectivity index (χ3v) is 3.15. The molecule has 0 heterocycles. The summed E-state index contributed by atoms with van der Waals surface area (Å²) in [6, 6.07) is 7.89. The summed E-state index contributed by atoms with van der Waals surface area (Å²) in [6.07, 6.45) is 0.299. The molecule has 4 nitrogen and oxygen atoms in total. The highest BCUT2D eigenvalue weighted by atomic mass is 16.3. The van der Waals surface area contributed by atoms with Crippen molar-refractivity contribution >= 4 is 6.03 Å². The number of rotatable bonds is 6. The van der Waals surface area contributed by atoms with Gasteiger partial charge in [-0.25, -0.2) is 4.79 Å². The van der Waals surface area contributed by atoms with E-state index in [0.29, 0.717) is 19.5 Å². The summed E-state index contributed by atoms with van der Waals surface area (Å²) >= 11 is 0. The highest BCUT2D eigenvalue weighted by Crippen LogP contribution is 2.20. The molecule has 0 saturated carbocycles. The molecular weight excluding hydrogens is 252 g/mol. The zero-order valence-corrected chi connectivity index (χ0v) is 12.9. The van der Waals surface area contributed by atoms with E-state index >= 15 is 0 Å². The second kappa shape index (κ2) is 7.29. The van der Waals surface area contributed by atoms with E-state index in [1.807, 2.05) is 45.0 Å². The molecular formula is C16H26N2O2. The molecule has 0 spiro atoms. The first kappa shape index (κ1) is 16.5. The number of amides is 2. The average molecular weight is 278 g/mol. The Morgan fingerprint density at radius 3 is 2.40 bits per heavy atom. The van der Waals surface area contributed by atoms with Crippen LogP contribution in [-0.2, 0) is 6.54 Å². The van der Waals surface area contributed by atoms with Gasteiger partial charge >= 0.3 is 6.03 Å². The van der Waals surface area contributed by atoms with Gasteiger partial charge in [-0.15, -0.1) is 0 Å². The number of aryl methyl sites for hydroxylation is 1. The fourth-order valence-electron chi connectivity index (χ4n) is 2.14. The molecule has 0 saturated heterocycles. The standard InChI is InChI=1S/C16H26N2O2/c1-12-5-7-14(8-6-12)10-17-15(20)18-11-16(3,4)9-13(2)19/h5-8,13,19H,9-11H2,1-4H3,(H2,17,18,20). The van der Waals surface area contributed by atoms with Crippen LogP contribution < -0.4 is 10.6 Å². The number of hydrogen-bond acceptors (Lipinski definition) is 2. The zero-order chi connectivity index (χ0) is 15.2. The fourth-order valence-corrected chi connectivity index (χ4v) is 2.14. The summed E-state index contributed by atoms with van der Waals surface area (Å²) in [7, 11) is 0. The molecule has 3 N–H and O–H groups in total. The lowest BCUT2D eigenvalue weighted by molar-refractivity contribution is 0.129. The molecule has 20 heavy (non-hydrogen) atoms. The number of urea groups is 1. The van der Waals surface area contributed by atoms with Crippen molar-refractivity contribution in [2.24, 2.45) is 5.41 Å². The van der Waals surface area contributed by atoms with Crippen molar-refractivity contribution < 1.29 is 9.90 Å². The van der Waals surface area contributed by atoms with Crippen molar-refractivity contribution in [3.05, 3.63) is 35.4 Å². The maximum Gasteiger partial charge on any atom is 0.315 e. The van der Waals surface area contributed by atoms with Crippen molar-refractivity contribution in [3.8, 4) is 0 Å². The molecule has 0 aromatic heterocycles. The largest absolute Gasteiger partial charge is 0.393 e. The van der Waals surface area contributed by atoms with Crippen LogP contribution in [0.4, 0.5) is 4.79 Å². The SMILES string of the molecule is Cc1ccc(CNC(=O)NCC(C)(C)CC(C)O)cc1. The molecule has 4 heteroatoms. The Hall–Kier alpha value is -1.55. The van der Waals surface area contributed by atoms with Crippen LogP contribution in [0.1, 0.15) is 38.3 Å². The van der Waals surface area contributed by atoms with Gasteiger partial charge in [0.05, 0.1) is 6.10 Å². The lowest BCUT2D eigenvalue weighted by Gasteiger charge is -2.26. The van der Waals surface area contributed by atoms with E-state index in [-0.39, 0.29) is 17.6 Å². The molecule has 0 aliphatic heterocycles. The summed E-state index contributed by atoms with van der Waals surface area (Å²) in [5.74, 6) is 0. The second-order valence-electron chi connectivity index (χ2n) is 6.24. The van der Waals surface area contributed by atoms with E-state index in [9.17, 15) is 9.90 Å². The number of carbonyl (C=O) groups excluding carboxylic acids is 1. The lowest BCUT2D eigenvalue weighted by Crippen LogP contribution is -2.41. The van der Waals surface area contributed by atoms with Gasteiger partial charge in [0.15, 0.2) is 0 Å². The average Bonchev–Trinajstić information content (AvgIpc) is 2.34. The van der Waals surface area contributed by atoms with Crippen LogP contribution in [0.3, 0.4) is 0 Å². The fraction of sp³-hybridized carbons (Fsp3) is 0.562. The van der Waals surface area contributed by atoms with Gasteiger partial charge in [0.2, 0.25) is 0 Å². The van der Waals surface area contributed by atoms with Crippen LogP contribution in [0.2, 0.25) is 0 Å². The minimum absolute atomic E-state index is 0.116. The third-order valence-electron chi connectivity index (χ3n) is 3.15.